The first-order chi connectivity index (χ1) is 13.1. The van der Waals surface area contributed by atoms with Gasteiger partial charge in [0.05, 0.1) is 25.6 Å². The molecule has 0 radical (unpaired) electrons. The number of H-pyrrole nitrogens is 1. The number of aromatic nitrogens is 2. The Labute approximate surface area is 157 Å². The molecule has 0 spiro atoms. The first kappa shape index (κ1) is 18.2. The van der Waals surface area contributed by atoms with Gasteiger partial charge in [-0.2, -0.15) is 10.2 Å². The average Bonchev–Trinajstić information content (AvgIpc) is 3.22. The summed E-state index contributed by atoms with van der Waals surface area (Å²) in [6.07, 6.45) is 0. The number of nitrogens with one attached hydrogen (secondary N) is 2. The van der Waals surface area contributed by atoms with Crippen molar-refractivity contribution in [3.8, 4) is 22.8 Å². The first-order valence-corrected chi connectivity index (χ1v) is 8.30. The molecule has 2 N–H and O–H groups in total. The van der Waals surface area contributed by atoms with Gasteiger partial charge in [-0.1, -0.05) is 30.3 Å². The maximum Gasteiger partial charge on any atom is 0.289 e. The lowest BCUT2D eigenvalue weighted by atomic mass is 10.1. The normalized spacial score (nSPS) is 11.1. The van der Waals surface area contributed by atoms with Gasteiger partial charge in [-0.15, -0.1) is 0 Å². The summed E-state index contributed by atoms with van der Waals surface area (Å²) in [5, 5.41) is 11.1. The van der Waals surface area contributed by atoms with Crippen LogP contribution < -0.4 is 14.9 Å². The van der Waals surface area contributed by atoms with Gasteiger partial charge >= 0.3 is 0 Å². The third-order valence-electron chi connectivity index (χ3n) is 4.02. The number of ether oxygens (including phenoxy) is 2. The molecule has 0 bridgehead atoms. The number of hydrogen-bond donors (Lipinski definition) is 2. The lowest BCUT2D eigenvalue weighted by Crippen LogP contribution is -2.19. The molecule has 138 valence electrons. The van der Waals surface area contributed by atoms with E-state index in [1.165, 1.54) is 0 Å². The highest BCUT2D eigenvalue weighted by Crippen LogP contribution is 2.31. The standard InChI is InChI=1S/C20H20N4O3/c1-13(14-7-5-4-6-8-14)21-24-20(25)17-12-16(22-23-17)15-9-10-18(26-2)19(11-15)27-3/h4-12H,1-3H3,(H,22,23)(H,24,25). The SMILES string of the molecule is COc1ccc(-c2cc(C(=O)NN=C(C)c3ccccc3)[nH]n2)cc1OC. The highest BCUT2D eigenvalue weighted by Gasteiger charge is 2.13. The lowest BCUT2D eigenvalue weighted by molar-refractivity contribution is 0.0950. The van der Waals surface area contributed by atoms with Crippen molar-refractivity contribution in [2.45, 2.75) is 6.92 Å². The summed E-state index contributed by atoms with van der Waals surface area (Å²) in [7, 11) is 3.14. The van der Waals surface area contributed by atoms with Crippen molar-refractivity contribution in [2.24, 2.45) is 5.10 Å². The molecule has 0 unspecified atom stereocenters. The highest BCUT2D eigenvalue weighted by atomic mass is 16.5. The third-order valence-corrected chi connectivity index (χ3v) is 4.02. The Kier molecular flexibility index (Phi) is 5.51. The molecule has 1 amide bonds. The van der Waals surface area contributed by atoms with E-state index in [4.69, 9.17) is 9.47 Å². The Morgan fingerprint density at radius 2 is 1.78 bits per heavy atom. The van der Waals surface area contributed by atoms with Crippen molar-refractivity contribution in [1.29, 1.82) is 0 Å². The summed E-state index contributed by atoms with van der Waals surface area (Å²) in [5.74, 6) is 0.845. The zero-order valence-electron chi connectivity index (χ0n) is 15.3. The van der Waals surface area contributed by atoms with Crippen molar-refractivity contribution < 1.29 is 14.3 Å². The summed E-state index contributed by atoms with van der Waals surface area (Å²) in [5.41, 5.74) is 5.91. The Balaban J connectivity index is 1.74. The van der Waals surface area contributed by atoms with Gasteiger partial charge in [0.15, 0.2) is 11.5 Å². The van der Waals surface area contributed by atoms with E-state index in [-0.39, 0.29) is 5.91 Å². The van der Waals surface area contributed by atoms with Crippen LogP contribution in [0.15, 0.2) is 59.7 Å². The van der Waals surface area contributed by atoms with Crippen molar-refractivity contribution >= 4 is 11.6 Å². The fourth-order valence-corrected chi connectivity index (χ4v) is 2.52. The largest absolute Gasteiger partial charge is 0.493 e. The van der Waals surface area contributed by atoms with Crippen LogP contribution in [0.25, 0.3) is 11.3 Å². The molecule has 0 saturated heterocycles. The van der Waals surface area contributed by atoms with Gasteiger partial charge in [0.2, 0.25) is 0 Å². The zero-order chi connectivity index (χ0) is 19.2. The third kappa shape index (κ3) is 4.14. The van der Waals surface area contributed by atoms with Crippen LogP contribution in [0.3, 0.4) is 0 Å². The number of amides is 1. The molecule has 1 heterocycles. The van der Waals surface area contributed by atoms with Crippen LogP contribution in [-0.2, 0) is 0 Å². The molecule has 0 aliphatic rings. The predicted octanol–water partition coefficient (Wildman–Crippen LogP) is 3.25. The molecule has 7 nitrogen and oxygen atoms in total. The van der Waals surface area contributed by atoms with E-state index >= 15 is 0 Å². The molecule has 0 atom stereocenters. The monoisotopic (exact) mass is 364 g/mol. The summed E-state index contributed by atoms with van der Waals surface area (Å²) in [6.45, 7) is 1.83. The summed E-state index contributed by atoms with van der Waals surface area (Å²) < 4.78 is 10.5. The van der Waals surface area contributed by atoms with Crippen molar-refractivity contribution in [3.63, 3.8) is 0 Å². The lowest BCUT2D eigenvalue weighted by Gasteiger charge is -2.08. The van der Waals surface area contributed by atoms with Gasteiger partial charge in [-0.3, -0.25) is 9.89 Å². The van der Waals surface area contributed by atoms with Gasteiger partial charge in [0, 0.05) is 5.56 Å². The fraction of sp³-hybridized carbons (Fsp3) is 0.150. The maximum absolute atomic E-state index is 12.3. The Morgan fingerprint density at radius 3 is 2.48 bits per heavy atom. The van der Waals surface area contributed by atoms with Crippen molar-refractivity contribution in [3.05, 3.63) is 65.9 Å². The second-order valence-corrected chi connectivity index (χ2v) is 5.74. The topological polar surface area (TPSA) is 88.6 Å². The number of rotatable bonds is 6. The smallest absolute Gasteiger partial charge is 0.289 e. The Morgan fingerprint density at radius 1 is 1.04 bits per heavy atom. The predicted molar refractivity (Wildman–Crippen MR) is 103 cm³/mol. The molecule has 3 rings (SSSR count). The number of carbonyl (C=O) groups is 1. The molecule has 2 aromatic carbocycles. The van der Waals surface area contributed by atoms with Crippen LogP contribution >= 0.6 is 0 Å². The molecule has 27 heavy (non-hydrogen) atoms. The average molecular weight is 364 g/mol. The minimum absolute atomic E-state index is 0.310. The molecular formula is C20H20N4O3. The van der Waals surface area contributed by atoms with Crippen LogP contribution in [0, 0.1) is 0 Å². The van der Waals surface area contributed by atoms with Crippen LogP contribution in [0.1, 0.15) is 23.0 Å². The molecule has 7 heteroatoms. The van der Waals surface area contributed by atoms with E-state index in [9.17, 15) is 4.79 Å². The zero-order valence-corrected chi connectivity index (χ0v) is 15.3. The van der Waals surface area contributed by atoms with Crippen LogP contribution in [0.2, 0.25) is 0 Å². The summed E-state index contributed by atoms with van der Waals surface area (Å²) in [6, 6.07) is 16.7. The molecule has 3 aromatic rings. The van der Waals surface area contributed by atoms with E-state index < -0.39 is 0 Å². The van der Waals surface area contributed by atoms with Crippen molar-refractivity contribution in [1.82, 2.24) is 15.6 Å². The summed E-state index contributed by atoms with van der Waals surface area (Å²) in [4.78, 5) is 12.3. The minimum atomic E-state index is -0.371. The minimum Gasteiger partial charge on any atom is -0.493 e. The number of nitrogens with zero attached hydrogens (tertiary/aromatic N) is 2. The van der Waals surface area contributed by atoms with E-state index in [1.807, 2.05) is 43.3 Å². The van der Waals surface area contributed by atoms with Gasteiger partial charge in [-0.05, 0) is 36.8 Å². The number of methoxy groups -OCH3 is 2. The summed E-state index contributed by atoms with van der Waals surface area (Å²) >= 11 is 0. The molecule has 1 aromatic heterocycles. The molecule has 0 saturated carbocycles. The maximum atomic E-state index is 12.3. The van der Waals surface area contributed by atoms with E-state index in [2.05, 4.69) is 20.7 Å². The highest BCUT2D eigenvalue weighted by molar-refractivity contribution is 6.00. The van der Waals surface area contributed by atoms with E-state index in [0.29, 0.717) is 28.6 Å². The van der Waals surface area contributed by atoms with Crippen molar-refractivity contribution in [2.75, 3.05) is 14.2 Å². The number of benzene rings is 2. The van der Waals surface area contributed by atoms with Gasteiger partial charge in [0.1, 0.15) is 5.69 Å². The van der Waals surface area contributed by atoms with Crippen LogP contribution in [-0.4, -0.2) is 36.0 Å². The number of carbonyl (C=O) groups excluding carboxylic acids is 1. The van der Waals surface area contributed by atoms with Crippen LogP contribution in [0.5, 0.6) is 11.5 Å². The fourth-order valence-electron chi connectivity index (χ4n) is 2.52. The first-order valence-electron chi connectivity index (χ1n) is 8.30. The number of hydrazone groups is 1. The van der Waals surface area contributed by atoms with E-state index in [1.54, 1.807) is 32.4 Å². The van der Waals surface area contributed by atoms with Crippen LogP contribution in [0.4, 0.5) is 0 Å². The van der Waals surface area contributed by atoms with Gasteiger partial charge in [0.25, 0.3) is 5.91 Å². The number of hydrogen-bond acceptors (Lipinski definition) is 5. The number of aromatic amines is 1. The van der Waals surface area contributed by atoms with Gasteiger partial charge in [-0.25, -0.2) is 5.43 Å². The quantitative estimate of drug-likeness (QED) is 0.519. The molecule has 0 aliphatic heterocycles. The Bertz CT molecular complexity index is 964. The van der Waals surface area contributed by atoms with Gasteiger partial charge < -0.3 is 9.47 Å². The van der Waals surface area contributed by atoms with E-state index in [0.717, 1.165) is 11.1 Å². The second-order valence-electron chi connectivity index (χ2n) is 5.74. The Hall–Kier alpha value is -3.61. The second kappa shape index (κ2) is 8.18. The molecule has 0 fully saturated rings. The molecular weight excluding hydrogens is 344 g/mol. The molecule has 0 aliphatic carbocycles.